The molecule has 0 fully saturated rings. The van der Waals surface area contributed by atoms with Crippen molar-refractivity contribution in [3.63, 3.8) is 0 Å². The van der Waals surface area contributed by atoms with Gasteiger partial charge in [0.05, 0.1) is 18.8 Å². The van der Waals surface area contributed by atoms with Crippen LogP contribution in [0, 0.1) is 0 Å². The van der Waals surface area contributed by atoms with Gasteiger partial charge >= 0.3 is 0 Å². The van der Waals surface area contributed by atoms with E-state index in [2.05, 4.69) is 104 Å². The Hall–Kier alpha value is -2.69. The van der Waals surface area contributed by atoms with Gasteiger partial charge in [0.15, 0.2) is 0 Å². The monoisotopic (exact) mass is 664 g/mol. The maximum absolute atomic E-state index is 12.3. The molecule has 0 aliphatic carbocycles. The van der Waals surface area contributed by atoms with Gasteiger partial charge in [-0.3, -0.25) is 4.79 Å². The summed E-state index contributed by atoms with van der Waals surface area (Å²) in [6, 6.07) is -0.644. The van der Waals surface area contributed by atoms with Crippen LogP contribution in [-0.4, -0.2) is 34.9 Å². The van der Waals surface area contributed by atoms with Crippen LogP contribution in [0.15, 0.2) is 97.2 Å². The topological polar surface area (TPSA) is 69.6 Å². The van der Waals surface area contributed by atoms with E-state index in [1.54, 1.807) is 6.08 Å². The summed E-state index contributed by atoms with van der Waals surface area (Å²) in [5.41, 5.74) is 0. The predicted molar refractivity (Wildman–Crippen MR) is 211 cm³/mol. The molecule has 1 amide bonds. The molecule has 2 atom stereocenters. The summed E-state index contributed by atoms with van der Waals surface area (Å²) in [5.74, 6) is -0.0898. The molecule has 0 spiro atoms. The van der Waals surface area contributed by atoms with E-state index in [-0.39, 0.29) is 12.5 Å². The van der Waals surface area contributed by atoms with Crippen molar-refractivity contribution < 1.29 is 15.0 Å². The van der Waals surface area contributed by atoms with Gasteiger partial charge in [-0.15, -0.1) is 0 Å². The van der Waals surface area contributed by atoms with Crippen molar-refractivity contribution in [3.8, 4) is 0 Å². The van der Waals surface area contributed by atoms with Gasteiger partial charge in [-0.1, -0.05) is 169 Å². The number of carbonyl (C=O) groups is 1. The predicted octanol–water partition coefficient (Wildman–Crippen LogP) is 11.9. The van der Waals surface area contributed by atoms with Crippen LogP contribution in [0.5, 0.6) is 0 Å². The molecule has 0 rings (SSSR count). The zero-order valence-electron chi connectivity index (χ0n) is 31.0. The average Bonchev–Trinajstić information content (AvgIpc) is 3.09. The summed E-state index contributed by atoms with van der Waals surface area (Å²) in [6.07, 6.45) is 58.1. The molecule has 4 heteroatoms. The summed E-state index contributed by atoms with van der Waals surface area (Å²) < 4.78 is 0. The van der Waals surface area contributed by atoms with E-state index in [9.17, 15) is 15.0 Å². The highest BCUT2D eigenvalue weighted by Crippen LogP contribution is 2.12. The minimum absolute atomic E-state index is 0.0898. The minimum atomic E-state index is -0.866. The quantitative estimate of drug-likeness (QED) is 0.0483. The van der Waals surface area contributed by atoms with E-state index in [1.165, 1.54) is 51.4 Å². The van der Waals surface area contributed by atoms with Gasteiger partial charge in [-0.05, 0) is 77.0 Å². The Kier molecular flexibility index (Phi) is 36.6. The van der Waals surface area contributed by atoms with Crippen molar-refractivity contribution in [2.45, 2.75) is 167 Å². The Morgan fingerprint density at radius 3 is 1.44 bits per heavy atom. The molecule has 3 N–H and O–H groups in total. The van der Waals surface area contributed by atoms with E-state index in [0.29, 0.717) is 6.42 Å². The molecule has 0 aliphatic rings. The first kappa shape index (κ1) is 45.3. The summed E-state index contributed by atoms with van der Waals surface area (Å²) in [6.45, 7) is 4.05. The number of unbranched alkanes of at least 4 members (excludes halogenated alkanes) is 12. The van der Waals surface area contributed by atoms with Crippen LogP contribution < -0.4 is 5.32 Å². The Labute approximate surface area is 296 Å². The first-order chi connectivity index (χ1) is 23.7. The summed E-state index contributed by atoms with van der Waals surface area (Å²) in [7, 11) is 0. The van der Waals surface area contributed by atoms with Crippen molar-refractivity contribution in [3.05, 3.63) is 97.2 Å². The van der Waals surface area contributed by atoms with Gasteiger partial charge in [0.2, 0.25) is 5.91 Å². The van der Waals surface area contributed by atoms with Crippen LogP contribution in [0.4, 0.5) is 0 Å². The summed E-state index contributed by atoms with van der Waals surface area (Å²) in [4.78, 5) is 12.3. The molecule has 0 aromatic carbocycles. The van der Waals surface area contributed by atoms with E-state index in [1.807, 2.05) is 6.08 Å². The number of aliphatic hydroxyl groups is 2. The average molecular weight is 664 g/mol. The van der Waals surface area contributed by atoms with Gasteiger partial charge in [0.25, 0.3) is 0 Å². The lowest BCUT2D eigenvalue weighted by Crippen LogP contribution is -2.45. The molecule has 4 nitrogen and oxygen atoms in total. The van der Waals surface area contributed by atoms with Crippen molar-refractivity contribution >= 4 is 5.91 Å². The van der Waals surface area contributed by atoms with Crippen LogP contribution >= 0.6 is 0 Å². The molecule has 0 saturated carbocycles. The molecule has 0 heterocycles. The molecular formula is C44H73NO3. The third-order valence-electron chi connectivity index (χ3n) is 8.03. The molecular weight excluding hydrogens is 590 g/mol. The molecule has 48 heavy (non-hydrogen) atoms. The largest absolute Gasteiger partial charge is 0.394 e. The number of aliphatic hydroxyl groups excluding tert-OH is 2. The Morgan fingerprint density at radius 1 is 0.521 bits per heavy atom. The van der Waals surface area contributed by atoms with Crippen LogP contribution in [0.25, 0.3) is 0 Å². The Bertz CT molecular complexity index is 937. The Morgan fingerprint density at radius 2 is 0.938 bits per heavy atom. The van der Waals surface area contributed by atoms with Crippen molar-refractivity contribution in [2.24, 2.45) is 0 Å². The number of rotatable bonds is 33. The molecule has 0 saturated heterocycles. The highest BCUT2D eigenvalue weighted by Gasteiger charge is 2.17. The highest BCUT2D eigenvalue weighted by atomic mass is 16.3. The van der Waals surface area contributed by atoms with Crippen molar-refractivity contribution in [2.75, 3.05) is 6.61 Å². The highest BCUT2D eigenvalue weighted by molar-refractivity contribution is 5.76. The second-order valence-electron chi connectivity index (χ2n) is 12.6. The van der Waals surface area contributed by atoms with Crippen molar-refractivity contribution in [1.82, 2.24) is 5.32 Å². The van der Waals surface area contributed by atoms with Crippen LogP contribution in [0.2, 0.25) is 0 Å². The smallest absolute Gasteiger partial charge is 0.220 e. The zero-order valence-corrected chi connectivity index (χ0v) is 31.0. The molecule has 0 aliphatic heterocycles. The molecule has 2 unspecified atom stereocenters. The van der Waals surface area contributed by atoms with Gasteiger partial charge in [0, 0.05) is 6.42 Å². The molecule has 272 valence electrons. The van der Waals surface area contributed by atoms with Gasteiger partial charge < -0.3 is 15.5 Å². The van der Waals surface area contributed by atoms with Gasteiger partial charge in [-0.2, -0.15) is 0 Å². The number of hydrogen-bond donors (Lipinski definition) is 3. The lowest BCUT2D eigenvalue weighted by atomic mass is 10.0. The Balaban J connectivity index is 3.59. The lowest BCUT2D eigenvalue weighted by molar-refractivity contribution is -0.123. The zero-order chi connectivity index (χ0) is 35.0. The first-order valence-electron chi connectivity index (χ1n) is 19.5. The molecule has 0 aromatic rings. The third kappa shape index (κ3) is 34.6. The lowest BCUT2D eigenvalue weighted by Gasteiger charge is -2.19. The molecule has 0 bridgehead atoms. The van der Waals surface area contributed by atoms with E-state index >= 15 is 0 Å². The summed E-state index contributed by atoms with van der Waals surface area (Å²) >= 11 is 0. The van der Waals surface area contributed by atoms with Crippen LogP contribution in [-0.2, 0) is 4.79 Å². The number of carbonyl (C=O) groups excluding carboxylic acids is 1. The second-order valence-corrected chi connectivity index (χ2v) is 12.6. The fraction of sp³-hybridized carbons (Fsp3) is 0.614. The number of nitrogens with one attached hydrogen (secondary N) is 1. The van der Waals surface area contributed by atoms with E-state index < -0.39 is 12.1 Å². The van der Waals surface area contributed by atoms with Crippen LogP contribution in [0.3, 0.4) is 0 Å². The standard InChI is InChI=1S/C44H73NO3/c1-3-5-7-9-11-12-13-14-15-16-17-18-19-20-21-22-23-24-25-26-27-28-29-30-31-32-34-36-38-40-44(48)45-42(41-46)43(47)39-37-35-33-10-8-6-4-2/h5,7-8,10-12,14-15,17-18,20-21,23-24,37,39,42-43,46-47H,3-4,6,9,13,16,19,22,25-36,38,40-41H2,1-2H3,(H,45,48)/b7-5-,10-8+,12-11-,15-14-,18-17-,21-20-,24-23-,39-37+. The number of amides is 1. The fourth-order valence-electron chi connectivity index (χ4n) is 5.08. The second kappa shape index (κ2) is 38.8. The number of allylic oxidation sites excluding steroid dienone is 15. The number of hydrogen-bond acceptors (Lipinski definition) is 3. The first-order valence-corrected chi connectivity index (χ1v) is 19.5. The maximum atomic E-state index is 12.3. The van der Waals surface area contributed by atoms with E-state index in [0.717, 1.165) is 83.5 Å². The summed E-state index contributed by atoms with van der Waals surface area (Å²) in [5, 5.41) is 22.7. The van der Waals surface area contributed by atoms with E-state index in [4.69, 9.17) is 0 Å². The maximum Gasteiger partial charge on any atom is 0.220 e. The van der Waals surface area contributed by atoms with Gasteiger partial charge in [0.1, 0.15) is 0 Å². The third-order valence-corrected chi connectivity index (χ3v) is 8.03. The van der Waals surface area contributed by atoms with Crippen molar-refractivity contribution in [1.29, 1.82) is 0 Å². The minimum Gasteiger partial charge on any atom is -0.394 e. The normalized spacial score (nSPS) is 14.2. The molecule has 0 aromatic heterocycles. The van der Waals surface area contributed by atoms with Gasteiger partial charge in [-0.25, -0.2) is 0 Å². The van der Waals surface area contributed by atoms with Crippen LogP contribution in [0.1, 0.15) is 155 Å². The fourth-order valence-corrected chi connectivity index (χ4v) is 5.08. The SMILES string of the molecule is CC/C=C\C/C=C\C/C=C\C/C=C\C/C=C\C/C=C\CCCCCCCCCCCCC(=O)NC(CO)C(O)/C=C/CC/C=C/CCC. The molecule has 0 radical (unpaired) electrons.